The van der Waals surface area contributed by atoms with E-state index in [9.17, 15) is 14.4 Å². The van der Waals surface area contributed by atoms with Crippen LogP contribution < -0.4 is 10.6 Å². The maximum atomic E-state index is 13.2. The number of fused-ring (bicyclic) bond motifs is 2. The molecule has 0 aliphatic carbocycles. The van der Waals surface area contributed by atoms with Crippen molar-refractivity contribution in [1.82, 2.24) is 75.2 Å². The molecule has 1 unspecified atom stereocenters. The minimum Gasteiger partial charge on any atom is -0.444 e. The van der Waals surface area contributed by atoms with Crippen LogP contribution in [0.25, 0.3) is 67.1 Å². The van der Waals surface area contributed by atoms with Gasteiger partial charge in [0.1, 0.15) is 28.4 Å². The van der Waals surface area contributed by atoms with E-state index in [0.29, 0.717) is 107 Å². The maximum absolute atomic E-state index is 13.2. The van der Waals surface area contributed by atoms with Crippen molar-refractivity contribution in [3.63, 3.8) is 0 Å². The van der Waals surface area contributed by atoms with Crippen LogP contribution >= 0.6 is 0 Å². The number of hydrogen-bond donors (Lipinski definition) is 5. The largest absolute Gasteiger partial charge is 0.444 e. The van der Waals surface area contributed by atoms with Gasteiger partial charge < -0.3 is 59.0 Å². The third kappa shape index (κ3) is 14.4. The van der Waals surface area contributed by atoms with E-state index >= 15 is 0 Å². The fourth-order valence-corrected chi connectivity index (χ4v) is 10.6. The topological polar surface area (TPSA) is 261 Å². The minimum atomic E-state index is -0.579. The third-order valence-electron chi connectivity index (χ3n) is 15.4. The molecule has 6 aromatic heterocycles. The lowest BCUT2D eigenvalue weighted by Gasteiger charge is -2.27. The van der Waals surface area contributed by atoms with Gasteiger partial charge in [-0.05, 0) is 125 Å². The Labute approximate surface area is 494 Å². The molecule has 3 amide bonds. The van der Waals surface area contributed by atoms with Crippen LogP contribution in [-0.2, 0) is 36.8 Å². The smallest absolute Gasteiger partial charge is 0.410 e. The monoisotopic (exact) mass is 1160 g/mol. The first-order chi connectivity index (χ1) is 41.3. The first kappa shape index (κ1) is 60.2. The molecule has 4 fully saturated rings. The molecule has 450 valence electrons. The summed E-state index contributed by atoms with van der Waals surface area (Å²) in [6, 6.07) is 12.4. The van der Waals surface area contributed by atoms with Crippen LogP contribution in [0.3, 0.4) is 0 Å². The van der Waals surface area contributed by atoms with Gasteiger partial charge in [-0.2, -0.15) is 10.2 Å². The van der Waals surface area contributed by atoms with Crippen LogP contribution in [0.4, 0.5) is 4.79 Å². The number of nitrogens with zero attached hydrogens (tertiary/aromatic N) is 10. The summed E-state index contributed by atoms with van der Waals surface area (Å²) in [5, 5.41) is 20.9. The van der Waals surface area contributed by atoms with Crippen molar-refractivity contribution < 1.29 is 38.1 Å². The Morgan fingerprint density at radius 2 is 1.29 bits per heavy atom. The molecule has 0 radical (unpaired) electrons. The van der Waals surface area contributed by atoms with Gasteiger partial charge in [-0.15, -0.1) is 0 Å². The fraction of sp³-hybridized carbons (Fsp3) is 0.468. The highest BCUT2D eigenvalue weighted by Gasteiger charge is 2.28. The summed E-state index contributed by atoms with van der Waals surface area (Å²) in [5.74, 6) is 0.906. The van der Waals surface area contributed by atoms with E-state index in [1.165, 1.54) is 11.1 Å². The Kier molecular flexibility index (Phi) is 19.7. The Morgan fingerprint density at radius 1 is 0.706 bits per heavy atom. The number of ether oxygens (including phenoxy) is 5. The molecule has 4 saturated heterocycles. The zero-order chi connectivity index (χ0) is 59.5. The summed E-state index contributed by atoms with van der Waals surface area (Å²) in [5.41, 5.74) is 11.9. The van der Waals surface area contributed by atoms with E-state index in [2.05, 4.69) is 102 Å². The molecule has 5 N–H and O–H groups in total. The van der Waals surface area contributed by atoms with Crippen molar-refractivity contribution in [2.75, 3.05) is 98.6 Å². The van der Waals surface area contributed by atoms with E-state index in [0.717, 1.165) is 114 Å². The highest BCUT2D eigenvalue weighted by atomic mass is 16.6. The number of aromatic nitrogens is 10. The minimum absolute atomic E-state index is 0.0724. The number of morpholine rings is 3. The van der Waals surface area contributed by atoms with E-state index in [4.69, 9.17) is 28.8 Å². The molecule has 23 nitrogen and oxygen atoms in total. The SMILES string of the molecule is C1COCCN1.CCN(Cc1cncc(-c2ccc3c(c2)c(-c2ncc(C(=O)N4CCOCC4)[nH]2)nn3C2CCCCO2)c1C)C(=O)OC(C)(C)C.CCNCc1cncc(-c2ccc3[nH]nc(-c4ncc(C(=O)N5CCOCC5)[nH]4)c3c2)c1C. The Balaban J connectivity index is 0.000000179. The summed E-state index contributed by atoms with van der Waals surface area (Å²) in [4.78, 5) is 68.6. The Morgan fingerprint density at radius 3 is 1.86 bits per heavy atom. The lowest BCUT2D eigenvalue weighted by molar-refractivity contribution is -0.0365. The van der Waals surface area contributed by atoms with Crippen LogP contribution in [0.5, 0.6) is 0 Å². The van der Waals surface area contributed by atoms with Gasteiger partial charge in [0.25, 0.3) is 11.8 Å². The molecule has 85 heavy (non-hydrogen) atoms. The number of amides is 3. The summed E-state index contributed by atoms with van der Waals surface area (Å²) >= 11 is 0. The molecule has 1 atom stereocenters. The quantitative estimate of drug-likeness (QED) is 0.0728. The number of hydrogen-bond acceptors (Lipinski definition) is 16. The van der Waals surface area contributed by atoms with Crippen LogP contribution in [0, 0.1) is 13.8 Å². The number of pyridine rings is 2. The number of benzene rings is 2. The molecule has 4 aliphatic rings. The number of carbonyl (C=O) groups is 3. The standard InChI is InChI=1S/C34H43N7O5.C24H27N7O2.C4H9NO/c1-6-39(33(43)46-34(3,4)5)21-24-18-35-19-26(22(24)2)23-10-11-28-25(17-23)30(38-41(28)29-9-7-8-14-45-29)31-36-20-27(37-31)32(42)40-12-15-44-16-13-40;1-3-25-11-17-12-26-13-19(15(17)2)16-4-5-20-18(10-16)22(30-29-20)23-27-14-21(28-23)24(32)31-6-8-33-9-7-31;1-3-6-4-2-5-1/h10-11,17-20,29H,6-9,12-16,21H2,1-5H3,(H,36,37);4-5,10,12-14,25H,3,6-9,11H2,1-2H3,(H,27,28)(H,29,30);5H,1-4H2. The predicted octanol–water partition coefficient (Wildman–Crippen LogP) is 8.24. The molecule has 0 spiro atoms. The first-order valence-corrected chi connectivity index (χ1v) is 29.6. The Hall–Kier alpha value is -7.93. The van der Waals surface area contributed by atoms with Gasteiger partial charge in [0.15, 0.2) is 17.9 Å². The summed E-state index contributed by atoms with van der Waals surface area (Å²) in [7, 11) is 0. The molecular weight excluding hydrogens is 1080 g/mol. The van der Waals surface area contributed by atoms with E-state index in [1.54, 1.807) is 27.1 Å². The lowest BCUT2D eigenvalue weighted by Crippen LogP contribution is -2.40. The van der Waals surface area contributed by atoms with Crippen molar-refractivity contribution in [3.05, 3.63) is 107 Å². The second kappa shape index (κ2) is 27.8. The van der Waals surface area contributed by atoms with Gasteiger partial charge in [0.05, 0.1) is 69.6 Å². The predicted molar refractivity (Wildman–Crippen MR) is 323 cm³/mol. The van der Waals surface area contributed by atoms with Crippen molar-refractivity contribution in [3.8, 4) is 45.3 Å². The molecular formula is C62H79N15O8. The summed E-state index contributed by atoms with van der Waals surface area (Å²) in [6.45, 7) is 25.4. The van der Waals surface area contributed by atoms with Gasteiger partial charge in [-0.25, -0.2) is 19.4 Å². The average Bonchev–Trinajstić information content (AvgIpc) is 2.57. The normalized spacial score (nSPS) is 16.6. The first-order valence-electron chi connectivity index (χ1n) is 29.6. The molecule has 2 aromatic carbocycles. The van der Waals surface area contributed by atoms with Crippen molar-refractivity contribution in [2.24, 2.45) is 0 Å². The van der Waals surface area contributed by atoms with Gasteiger partial charge in [-0.3, -0.25) is 24.7 Å². The lowest BCUT2D eigenvalue weighted by atomic mass is 9.97. The van der Waals surface area contributed by atoms with E-state index in [1.807, 2.05) is 63.2 Å². The molecule has 0 saturated carbocycles. The molecule has 10 heterocycles. The number of aromatic amines is 3. The molecule has 4 aliphatic heterocycles. The van der Waals surface area contributed by atoms with Crippen LogP contribution in [0.1, 0.15) is 103 Å². The van der Waals surface area contributed by atoms with Crippen molar-refractivity contribution in [1.29, 1.82) is 0 Å². The number of H-pyrrole nitrogens is 3. The van der Waals surface area contributed by atoms with Crippen LogP contribution in [0.15, 0.2) is 73.6 Å². The second-order valence-electron chi connectivity index (χ2n) is 22.4. The van der Waals surface area contributed by atoms with E-state index < -0.39 is 5.60 Å². The summed E-state index contributed by atoms with van der Waals surface area (Å²) < 4.78 is 29.5. The highest BCUT2D eigenvalue weighted by Crippen LogP contribution is 2.37. The van der Waals surface area contributed by atoms with Gasteiger partial charge in [0.2, 0.25) is 0 Å². The molecule has 0 bridgehead atoms. The number of nitrogens with one attached hydrogen (secondary N) is 5. The highest BCUT2D eigenvalue weighted by molar-refractivity contribution is 5.98. The zero-order valence-corrected chi connectivity index (χ0v) is 49.9. The van der Waals surface area contributed by atoms with E-state index in [-0.39, 0.29) is 24.1 Å². The van der Waals surface area contributed by atoms with Gasteiger partial charge in [0, 0.05) is 106 Å². The zero-order valence-electron chi connectivity index (χ0n) is 49.9. The second-order valence-corrected chi connectivity index (χ2v) is 22.4. The fourth-order valence-electron chi connectivity index (χ4n) is 10.6. The van der Waals surface area contributed by atoms with Gasteiger partial charge in [-0.1, -0.05) is 19.1 Å². The number of imidazole rings is 2. The third-order valence-corrected chi connectivity index (χ3v) is 15.4. The molecule has 23 heteroatoms. The van der Waals surface area contributed by atoms with Crippen molar-refractivity contribution >= 4 is 39.7 Å². The number of rotatable bonds is 13. The average molecular weight is 1160 g/mol. The summed E-state index contributed by atoms with van der Waals surface area (Å²) in [6.07, 6.45) is 13.1. The maximum Gasteiger partial charge on any atom is 0.410 e. The Bertz CT molecular complexity index is 3550. The van der Waals surface area contributed by atoms with Gasteiger partial charge >= 0.3 is 6.09 Å². The molecule has 8 aromatic rings. The van der Waals surface area contributed by atoms with Crippen LogP contribution in [0.2, 0.25) is 0 Å². The van der Waals surface area contributed by atoms with Crippen molar-refractivity contribution in [2.45, 2.75) is 92.6 Å². The molecule has 12 rings (SSSR count). The van der Waals surface area contributed by atoms with Crippen LogP contribution in [-0.4, -0.2) is 187 Å². The number of carbonyl (C=O) groups excluding carboxylic acids is 3.